The number of anilines is 4. The van der Waals surface area contributed by atoms with Gasteiger partial charge in [-0.3, -0.25) is 0 Å². The maximum atomic E-state index is 11.2. The summed E-state index contributed by atoms with van der Waals surface area (Å²) in [5.74, 6) is 0. The molecule has 0 amide bonds. The number of hydrogen-bond acceptors (Lipinski definition) is 10. The maximum absolute atomic E-state index is 11.2. The van der Waals surface area contributed by atoms with Crippen LogP contribution in [0.2, 0.25) is 0 Å². The van der Waals surface area contributed by atoms with Gasteiger partial charge in [0.05, 0.1) is 44.9 Å². The monoisotopic (exact) mass is 1050 g/mol. The zero-order valence-corrected chi connectivity index (χ0v) is 49.1. The Morgan fingerprint density at radius 2 is 0.521 bits per heavy atom. The minimum atomic E-state index is -4.41. The van der Waals surface area contributed by atoms with Gasteiger partial charge in [-0.25, -0.2) is 16.8 Å². The fraction of sp³-hybridized carbons (Fsp3) is 0.793. The summed E-state index contributed by atoms with van der Waals surface area (Å²) < 4.78 is 67.1. The molecule has 0 spiro atoms. The van der Waals surface area contributed by atoms with E-state index in [1.165, 1.54) is 268 Å². The van der Waals surface area contributed by atoms with Crippen LogP contribution in [0.5, 0.6) is 0 Å². The Labute approximate surface area is 466 Å². The van der Waals surface area contributed by atoms with Gasteiger partial charge in [0.15, 0.2) is 0 Å². The van der Waals surface area contributed by atoms with Crippen molar-refractivity contribution in [3.8, 4) is 0 Å². The third kappa shape index (κ3) is 32.7. The molecule has 0 saturated heterocycles. The van der Waals surface area contributed by atoms with Crippen LogP contribution in [-0.2, 0) is 20.2 Å². The third-order valence-corrected chi connectivity index (χ3v) is 16.2. The zero-order valence-electron chi connectivity index (χ0n) is 45.3. The van der Waals surface area contributed by atoms with Crippen molar-refractivity contribution in [2.24, 2.45) is 0 Å². The Balaban J connectivity index is 0.000000480. The molecule has 2 aromatic carbocycles. The molecule has 10 nitrogen and oxygen atoms in total. The molecule has 0 aromatic heterocycles. The summed E-state index contributed by atoms with van der Waals surface area (Å²) in [4.78, 5) is -0.352. The van der Waals surface area contributed by atoms with E-state index in [-0.39, 0.29) is 59.9 Å². The van der Waals surface area contributed by atoms with Crippen LogP contribution >= 0.6 is 0 Å². The molecule has 0 fully saturated rings. The van der Waals surface area contributed by atoms with E-state index in [0.29, 0.717) is 11.4 Å². The largest absolute Gasteiger partial charge is 2.00 e. The Morgan fingerprint density at radius 1 is 0.324 bits per heavy atom. The molecule has 2 aliphatic heterocycles. The van der Waals surface area contributed by atoms with Crippen LogP contribution in [0.4, 0.5) is 22.7 Å². The average molecular weight is 1060 g/mol. The normalized spacial score (nSPS) is 14.9. The zero-order chi connectivity index (χ0) is 50.4. The minimum Gasteiger partial charge on any atom is -0.744 e. The Kier molecular flexibility index (Phi) is 38.9. The number of hydrogen-bond donors (Lipinski definition) is 4. The fourth-order valence-electron chi connectivity index (χ4n) is 10.2. The van der Waals surface area contributed by atoms with Gasteiger partial charge in [-0.15, -0.1) is 0 Å². The molecule has 2 unspecified atom stereocenters. The van der Waals surface area contributed by atoms with E-state index < -0.39 is 20.2 Å². The van der Waals surface area contributed by atoms with Crippen molar-refractivity contribution in [1.29, 1.82) is 0 Å². The van der Waals surface area contributed by atoms with Gasteiger partial charge in [-0.2, -0.15) is 0 Å². The Bertz CT molecular complexity index is 1700. The standard InChI is InChI=1S/2C29H52N2O3S.Ca/c2*1-2-3-4-5-6-7-8-9-10-11-12-13-14-15-16-17-18-19-20-21-22-29-30-27-24-23-26(35(32,33)34)25-28(27)31-29;/h2*23-25,29-31H,2-22H2,1H3,(H,32,33,34);/q;;+2/p-2. The summed E-state index contributed by atoms with van der Waals surface area (Å²) in [6.45, 7) is 4.57. The molecule has 0 bridgehead atoms. The van der Waals surface area contributed by atoms with E-state index in [4.69, 9.17) is 0 Å². The first-order chi connectivity index (χ1) is 34.0. The van der Waals surface area contributed by atoms with Crippen molar-refractivity contribution >= 4 is 80.7 Å². The van der Waals surface area contributed by atoms with Crippen molar-refractivity contribution in [2.45, 2.75) is 306 Å². The quantitative estimate of drug-likeness (QED) is 0.0285. The van der Waals surface area contributed by atoms with Crippen LogP contribution in [0.1, 0.15) is 284 Å². The van der Waals surface area contributed by atoms with E-state index in [1.807, 2.05) is 0 Å². The van der Waals surface area contributed by atoms with Crippen LogP contribution in [0, 0.1) is 0 Å². The number of rotatable bonds is 44. The predicted octanol–water partition coefficient (Wildman–Crippen LogP) is 17.6. The predicted molar refractivity (Wildman–Crippen MR) is 302 cm³/mol. The number of benzene rings is 2. The second-order valence-corrected chi connectivity index (χ2v) is 23.8. The van der Waals surface area contributed by atoms with Crippen LogP contribution in [0.3, 0.4) is 0 Å². The van der Waals surface area contributed by atoms with E-state index in [0.717, 1.165) is 37.1 Å². The van der Waals surface area contributed by atoms with Crippen molar-refractivity contribution in [1.82, 2.24) is 0 Å². The van der Waals surface area contributed by atoms with Crippen LogP contribution < -0.4 is 21.3 Å². The van der Waals surface area contributed by atoms with E-state index in [1.54, 1.807) is 12.1 Å². The van der Waals surface area contributed by atoms with Gasteiger partial charge in [0.1, 0.15) is 20.2 Å². The summed E-state index contributed by atoms with van der Waals surface area (Å²) >= 11 is 0. The first kappa shape index (κ1) is 65.8. The van der Waals surface area contributed by atoms with Gasteiger partial charge in [-0.05, 0) is 62.1 Å². The van der Waals surface area contributed by atoms with E-state index >= 15 is 0 Å². The van der Waals surface area contributed by atoms with Crippen LogP contribution in [-0.4, -0.2) is 76.0 Å². The minimum absolute atomic E-state index is 0. The molecule has 0 radical (unpaired) electrons. The second kappa shape index (κ2) is 41.9. The summed E-state index contributed by atoms with van der Waals surface area (Å²) in [5, 5.41) is 13.3. The molecule has 71 heavy (non-hydrogen) atoms. The molecule has 4 N–H and O–H groups in total. The molecule has 404 valence electrons. The first-order valence-electron chi connectivity index (χ1n) is 29.3. The molecule has 2 atom stereocenters. The molecule has 0 aliphatic carbocycles. The molecule has 2 aromatic rings. The summed E-state index contributed by atoms with van der Waals surface area (Å²) in [6.07, 6.45) is 57.6. The summed E-state index contributed by atoms with van der Waals surface area (Å²) in [5.41, 5.74) is 3.16. The molecular weight excluding hydrogens is 953 g/mol. The molecule has 13 heteroatoms. The third-order valence-electron chi connectivity index (χ3n) is 14.6. The van der Waals surface area contributed by atoms with Gasteiger partial charge < -0.3 is 30.4 Å². The van der Waals surface area contributed by atoms with Gasteiger partial charge >= 0.3 is 37.7 Å². The van der Waals surface area contributed by atoms with Gasteiger partial charge in [0.2, 0.25) is 0 Å². The maximum Gasteiger partial charge on any atom is 2.00 e. The number of fused-ring (bicyclic) bond motifs is 2. The molecule has 4 rings (SSSR count). The van der Waals surface area contributed by atoms with E-state index in [2.05, 4.69) is 35.1 Å². The van der Waals surface area contributed by atoms with Crippen molar-refractivity contribution in [3.05, 3.63) is 36.4 Å². The molecule has 2 heterocycles. The van der Waals surface area contributed by atoms with Crippen molar-refractivity contribution in [3.63, 3.8) is 0 Å². The first-order valence-corrected chi connectivity index (χ1v) is 32.1. The summed E-state index contributed by atoms with van der Waals surface area (Å²) in [7, 11) is -8.81. The van der Waals surface area contributed by atoms with Crippen molar-refractivity contribution in [2.75, 3.05) is 21.3 Å². The molecular formula is C58H102CaN4O6S2. The number of unbranched alkanes of at least 4 members (excludes halogenated alkanes) is 38. The van der Waals surface area contributed by atoms with Crippen molar-refractivity contribution < 1.29 is 25.9 Å². The smallest absolute Gasteiger partial charge is 0.744 e. The number of nitrogens with one attached hydrogen (secondary N) is 4. The second-order valence-electron chi connectivity index (χ2n) is 21.0. The van der Waals surface area contributed by atoms with Gasteiger partial charge in [0.25, 0.3) is 0 Å². The van der Waals surface area contributed by atoms with Crippen LogP contribution in [0.15, 0.2) is 46.2 Å². The average Bonchev–Trinajstić information content (AvgIpc) is 3.95. The topological polar surface area (TPSA) is 163 Å². The van der Waals surface area contributed by atoms with Crippen LogP contribution in [0.25, 0.3) is 0 Å². The molecule has 0 saturated carbocycles. The van der Waals surface area contributed by atoms with E-state index in [9.17, 15) is 25.9 Å². The fourth-order valence-corrected chi connectivity index (χ4v) is 11.2. The Hall–Kier alpha value is -1.28. The SMILES string of the molecule is CCCCCCCCCCCCCCCCCCCCCCC1Nc2ccc(S(=O)(=O)[O-])cc2N1.CCCCCCCCCCCCCCCCCCCCCCC1Nc2ccc(S(=O)(=O)[O-])cc2N1.[Ca+2]. The Morgan fingerprint density at radius 3 is 0.732 bits per heavy atom. The molecule has 2 aliphatic rings. The van der Waals surface area contributed by atoms with Gasteiger partial charge in [0, 0.05) is 0 Å². The summed E-state index contributed by atoms with van der Waals surface area (Å²) in [6, 6.07) is 8.95. The van der Waals surface area contributed by atoms with Gasteiger partial charge in [-0.1, -0.05) is 258 Å².